The molecule has 0 radical (unpaired) electrons. The summed E-state index contributed by atoms with van der Waals surface area (Å²) >= 11 is 0. The Kier molecular flexibility index (Phi) is 9.36. The smallest absolute Gasteiger partial charge is 0.336 e. The lowest BCUT2D eigenvalue weighted by Crippen LogP contribution is -2.58. The molecule has 10 bridgehead atoms. The highest BCUT2D eigenvalue weighted by atomic mass is 16.7. The maximum Gasteiger partial charge on any atom is 0.336 e. The Bertz CT molecular complexity index is 1400. The summed E-state index contributed by atoms with van der Waals surface area (Å²) in [4.78, 5) is 46.4. The normalized spacial score (nSPS) is 44.3. The first-order valence-electron chi connectivity index (χ1n) is 18.8. The molecule has 5 atom stereocenters. The molecule has 50 heavy (non-hydrogen) atoms. The number of fused-ring (bicyclic) bond motifs is 1. The Balaban J connectivity index is 0.000000118. The van der Waals surface area contributed by atoms with E-state index in [1.54, 1.807) is 13.8 Å². The van der Waals surface area contributed by atoms with Crippen molar-refractivity contribution in [2.24, 2.45) is 47.3 Å². The summed E-state index contributed by atoms with van der Waals surface area (Å²) in [5.74, 6) is 3.87. The van der Waals surface area contributed by atoms with Gasteiger partial charge in [0.05, 0.1) is 24.2 Å². The minimum Gasteiger partial charge on any atom is -0.456 e. The summed E-state index contributed by atoms with van der Waals surface area (Å²) in [5.41, 5.74) is 0.623. The van der Waals surface area contributed by atoms with Gasteiger partial charge in [0.15, 0.2) is 12.2 Å². The quantitative estimate of drug-likeness (QED) is 0.205. The van der Waals surface area contributed by atoms with Gasteiger partial charge in [0, 0.05) is 11.1 Å². The van der Waals surface area contributed by atoms with Gasteiger partial charge < -0.3 is 28.8 Å². The first-order valence-corrected chi connectivity index (χ1v) is 18.8. The Hall–Kier alpha value is -2.98. The maximum atomic E-state index is 11.8. The zero-order valence-electron chi connectivity index (χ0n) is 29.9. The molecule has 3 aliphatic heterocycles. The number of hydrogen-bond donors (Lipinski definition) is 1. The molecule has 8 saturated carbocycles. The fourth-order valence-electron chi connectivity index (χ4n) is 11.7. The molecule has 5 unspecified atom stereocenters. The van der Waals surface area contributed by atoms with E-state index >= 15 is 0 Å². The molecule has 10 nitrogen and oxygen atoms in total. The number of aliphatic hydroxyl groups excluding tert-OH is 1. The standard InChI is InChI=1S/C15H22O2.C14H20O3.C11H12O5/c1-9(2)14(16)17-15(3)12-5-10-4-11(7-12)8-13(15)6-10;1-9(8-15)13(16)17-14-5-10-2-11(6-14)4-12(3-10)7-14;1-4(2)10(12)15-8-6-3-5-7(14-6)9(8)16-11(5)13/h10-13H,1,4-8H2,2-3H3;10-12,15H,1-8H2;5-9H,1,3H2,2H3. The van der Waals surface area contributed by atoms with Crippen LogP contribution in [0, 0.1) is 47.3 Å². The van der Waals surface area contributed by atoms with E-state index in [1.807, 2.05) is 0 Å². The summed E-state index contributed by atoms with van der Waals surface area (Å²) in [5, 5.41) is 8.92. The van der Waals surface area contributed by atoms with E-state index in [4.69, 9.17) is 28.8 Å². The summed E-state index contributed by atoms with van der Waals surface area (Å²) in [7, 11) is 0. The molecular weight excluding hydrogens is 640 g/mol. The Labute approximate surface area is 295 Å². The van der Waals surface area contributed by atoms with Crippen LogP contribution in [-0.2, 0) is 42.9 Å². The van der Waals surface area contributed by atoms with Crippen LogP contribution in [0.3, 0.4) is 0 Å². The van der Waals surface area contributed by atoms with Crippen molar-refractivity contribution < 1.29 is 48.0 Å². The second-order valence-electron chi connectivity index (χ2n) is 17.4. The Morgan fingerprint density at radius 3 is 1.76 bits per heavy atom. The second-order valence-corrected chi connectivity index (χ2v) is 17.4. The molecule has 0 aromatic rings. The van der Waals surface area contributed by atoms with Gasteiger partial charge in [-0.3, -0.25) is 4.79 Å². The molecule has 8 aliphatic carbocycles. The average molecular weight is 695 g/mol. The number of hydrogen-bond acceptors (Lipinski definition) is 10. The molecule has 3 heterocycles. The first-order chi connectivity index (χ1) is 23.7. The second kappa shape index (κ2) is 13.2. The number of ether oxygens (including phenoxy) is 5. The van der Waals surface area contributed by atoms with Crippen molar-refractivity contribution >= 4 is 23.9 Å². The van der Waals surface area contributed by atoms with Crippen molar-refractivity contribution in [3.8, 4) is 0 Å². The number of rotatable bonds is 7. The molecule has 11 fully saturated rings. The van der Waals surface area contributed by atoms with Crippen molar-refractivity contribution in [1.82, 2.24) is 0 Å². The van der Waals surface area contributed by atoms with Crippen LogP contribution in [0.2, 0.25) is 0 Å². The lowest BCUT2D eigenvalue weighted by Gasteiger charge is -2.59. The van der Waals surface area contributed by atoms with Gasteiger partial charge in [0.2, 0.25) is 0 Å². The van der Waals surface area contributed by atoms with E-state index in [0.717, 1.165) is 48.9 Å². The van der Waals surface area contributed by atoms with Gasteiger partial charge in [-0.15, -0.1) is 0 Å². The Morgan fingerprint density at radius 2 is 1.26 bits per heavy atom. The van der Waals surface area contributed by atoms with E-state index < -0.39 is 24.1 Å². The predicted molar refractivity (Wildman–Crippen MR) is 181 cm³/mol. The molecule has 11 aliphatic rings. The minimum absolute atomic E-state index is 0.158. The number of aliphatic hydroxyl groups is 1. The third kappa shape index (κ3) is 6.48. The lowest BCUT2D eigenvalue weighted by molar-refractivity contribution is -0.199. The van der Waals surface area contributed by atoms with Crippen LogP contribution >= 0.6 is 0 Å². The summed E-state index contributed by atoms with van der Waals surface area (Å²) in [6.07, 6.45) is 12.9. The molecular formula is C40H54O10. The van der Waals surface area contributed by atoms with E-state index in [2.05, 4.69) is 26.7 Å². The van der Waals surface area contributed by atoms with Gasteiger partial charge >= 0.3 is 23.9 Å². The first kappa shape index (κ1) is 35.4. The van der Waals surface area contributed by atoms with E-state index in [9.17, 15) is 19.2 Å². The fraction of sp³-hybridized carbons (Fsp3) is 0.750. The van der Waals surface area contributed by atoms with Crippen LogP contribution in [0.25, 0.3) is 0 Å². The van der Waals surface area contributed by atoms with Crippen LogP contribution in [0.1, 0.15) is 97.8 Å². The SMILES string of the molecule is C=C(C)C(=O)OC1(C)C2CC3CC(C2)CC1C3.C=C(C)C(=O)OC1C2CC3C(=O)OC1C3O2.C=C(CO)C(=O)OC12CC3CC(CC(C3)C1)C2. The highest BCUT2D eigenvalue weighted by Gasteiger charge is 2.65. The van der Waals surface area contributed by atoms with Gasteiger partial charge in [0.25, 0.3) is 0 Å². The fourth-order valence-corrected chi connectivity index (χ4v) is 11.7. The van der Waals surface area contributed by atoms with E-state index in [0.29, 0.717) is 29.4 Å². The molecule has 1 N–H and O–H groups in total. The van der Waals surface area contributed by atoms with Gasteiger partial charge in [-0.1, -0.05) is 19.7 Å². The van der Waals surface area contributed by atoms with Crippen molar-refractivity contribution in [3.05, 3.63) is 36.5 Å². The zero-order chi connectivity index (χ0) is 35.7. The molecule has 0 amide bonds. The molecule has 0 aromatic heterocycles. The largest absolute Gasteiger partial charge is 0.456 e. The summed E-state index contributed by atoms with van der Waals surface area (Å²) < 4.78 is 27.5. The highest BCUT2D eigenvalue weighted by Crippen LogP contribution is 2.60. The van der Waals surface area contributed by atoms with Crippen molar-refractivity contribution in [2.75, 3.05) is 6.61 Å². The Morgan fingerprint density at radius 1 is 0.740 bits per heavy atom. The summed E-state index contributed by atoms with van der Waals surface area (Å²) in [6.45, 7) is 15.9. The summed E-state index contributed by atoms with van der Waals surface area (Å²) in [6, 6.07) is 0. The topological polar surface area (TPSA) is 135 Å². The maximum absolute atomic E-state index is 11.8. The number of carbonyl (C=O) groups excluding carboxylic acids is 4. The van der Waals surface area contributed by atoms with Gasteiger partial charge in [-0.05, 0) is 139 Å². The van der Waals surface area contributed by atoms with Gasteiger partial charge in [-0.2, -0.15) is 0 Å². The van der Waals surface area contributed by atoms with Crippen molar-refractivity contribution in [3.63, 3.8) is 0 Å². The third-order valence-corrected chi connectivity index (χ3v) is 13.6. The molecule has 274 valence electrons. The van der Waals surface area contributed by atoms with Gasteiger partial charge in [0.1, 0.15) is 17.3 Å². The van der Waals surface area contributed by atoms with Crippen molar-refractivity contribution in [1.29, 1.82) is 0 Å². The minimum atomic E-state index is -0.461. The predicted octanol–water partition coefficient (Wildman–Crippen LogP) is 5.55. The average Bonchev–Trinajstić information content (AvgIpc) is 3.68. The van der Waals surface area contributed by atoms with Crippen LogP contribution < -0.4 is 0 Å². The van der Waals surface area contributed by atoms with Crippen molar-refractivity contribution in [2.45, 2.75) is 133 Å². The molecule has 3 saturated heterocycles. The van der Waals surface area contributed by atoms with Gasteiger partial charge in [-0.25, -0.2) is 14.4 Å². The van der Waals surface area contributed by atoms with Crippen LogP contribution in [0.15, 0.2) is 36.5 Å². The molecule has 10 heteroatoms. The molecule has 0 aromatic carbocycles. The highest BCUT2D eigenvalue weighted by molar-refractivity contribution is 5.88. The van der Waals surface area contributed by atoms with Crippen LogP contribution in [0.4, 0.5) is 0 Å². The monoisotopic (exact) mass is 694 g/mol. The molecule has 11 rings (SSSR count). The number of esters is 4. The van der Waals surface area contributed by atoms with E-state index in [-0.39, 0.29) is 53.4 Å². The molecule has 0 spiro atoms. The van der Waals surface area contributed by atoms with Crippen LogP contribution in [0.5, 0.6) is 0 Å². The van der Waals surface area contributed by atoms with Crippen LogP contribution in [-0.4, -0.2) is 71.2 Å². The third-order valence-electron chi connectivity index (χ3n) is 13.6. The van der Waals surface area contributed by atoms with E-state index in [1.165, 1.54) is 51.4 Å². The number of carbonyl (C=O) groups is 4. The zero-order valence-corrected chi connectivity index (χ0v) is 29.9. The lowest BCUT2D eigenvalue weighted by atomic mass is 9.50.